The fourth-order valence-electron chi connectivity index (χ4n) is 2.77. The molecular weight excluding hydrogens is 284 g/mol. The average molecular weight is 300 g/mol. The zero-order valence-electron chi connectivity index (χ0n) is 12.5. The van der Waals surface area contributed by atoms with Gasteiger partial charge in [-0.3, -0.25) is 4.99 Å². The van der Waals surface area contributed by atoms with E-state index in [4.69, 9.17) is 10.2 Å². The highest BCUT2D eigenvalue weighted by Crippen LogP contribution is 2.30. The smallest absolute Gasteiger partial charge is 0.144 e. The summed E-state index contributed by atoms with van der Waals surface area (Å²) >= 11 is 0. The van der Waals surface area contributed by atoms with E-state index in [1.165, 1.54) is 0 Å². The van der Waals surface area contributed by atoms with Crippen LogP contribution in [-0.4, -0.2) is 6.21 Å². The predicted octanol–water partition coefficient (Wildman–Crippen LogP) is 4.66. The van der Waals surface area contributed by atoms with Crippen LogP contribution in [0.15, 0.2) is 82.2 Å². The summed E-state index contributed by atoms with van der Waals surface area (Å²) in [5, 5.41) is 2.21. The molecule has 0 bridgehead atoms. The first-order valence-electron chi connectivity index (χ1n) is 7.57. The van der Waals surface area contributed by atoms with E-state index >= 15 is 0 Å². The molecule has 0 radical (unpaired) electrons. The molecule has 1 atom stereocenters. The molecule has 4 rings (SSSR count). The molecule has 3 nitrogen and oxygen atoms in total. The van der Waals surface area contributed by atoms with Crippen LogP contribution in [0.4, 0.5) is 0 Å². The molecule has 0 saturated heterocycles. The van der Waals surface area contributed by atoms with Gasteiger partial charge in [-0.15, -0.1) is 0 Å². The zero-order chi connectivity index (χ0) is 15.6. The van der Waals surface area contributed by atoms with Crippen molar-refractivity contribution in [1.29, 1.82) is 0 Å². The summed E-state index contributed by atoms with van der Waals surface area (Å²) < 4.78 is 5.99. The van der Waals surface area contributed by atoms with Gasteiger partial charge in [0.1, 0.15) is 17.3 Å². The van der Waals surface area contributed by atoms with E-state index < -0.39 is 0 Å². The first-order valence-corrected chi connectivity index (χ1v) is 7.57. The quantitative estimate of drug-likeness (QED) is 0.559. The SMILES string of the molecule is NC(/N=C/c1cccc2c1oc1ccccc12)c1ccccc1. The van der Waals surface area contributed by atoms with Crippen molar-refractivity contribution in [2.75, 3.05) is 0 Å². The maximum atomic E-state index is 6.13. The lowest BCUT2D eigenvalue weighted by atomic mass is 10.1. The molecule has 0 amide bonds. The number of rotatable bonds is 3. The van der Waals surface area contributed by atoms with E-state index in [0.717, 1.165) is 33.1 Å². The topological polar surface area (TPSA) is 51.5 Å². The van der Waals surface area contributed by atoms with Crippen LogP contribution < -0.4 is 5.73 Å². The third kappa shape index (κ3) is 2.51. The molecule has 0 saturated carbocycles. The van der Waals surface area contributed by atoms with Crippen LogP contribution in [0.3, 0.4) is 0 Å². The third-order valence-electron chi connectivity index (χ3n) is 3.95. The van der Waals surface area contributed by atoms with Crippen LogP contribution in [0.5, 0.6) is 0 Å². The Balaban J connectivity index is 1.76. The monoisotopic (exact) mass is 300 g/mol. The number of furan rings is 1. The molecule has 0 aliphatic heterocycles. The summed E-state index contributed by atoms with van der Waals surface area (Å²) in [6.45, 7) is 0. The number of para-hydroxylation sites is 2. The maximum Gasteiger partial charge on any atom is 0.144 e. The second-order valence-corrected chi connectivity index (χ2v) is 5.46. The first kappa shape index (κ1) is 13.7. The van der Waals surface area contributed by atoms with E-state index in [-0.39, 0.29) is 6.17 Å². The number of hydrogen-bond acceptors (Lipinski definition) is 3. The summed E-state index contributed by atoms with van der Waals surface area (Å²) in [5.74, 6) is 0. The Morgan fingerprint density at radius 2 is 1.57 bits per heavy atom. The summed E-state index contributed by atoms with van der Waals surface area (Å²) in [6, 6.07) is 24.0. The van der Waals surface area contributed by atoms with E-state index in [1.54, 1.807) is 6.21 Å². The summed E-state index contributed by atoms with van der Waals surface area (Å²) in [6.07, 6.45) is 1.42. The van der Waals surface area contributed by atoms with Crippen LogP contribution in [0.2, 0.25) is 0 Å². The Labute approximate surface area is 134 Å². The summed E-state index contributed by atoms with van der Waals surface area (Å²) in [7, 11) is 0. The minimum absolute atomic E-state index is 0.379. The number of fused-ring (bicyclic) bond motifs is 3. The number of nitrogens with zero attached hydrogens (tertiary/aromatic N) is 1. The minimum atomic E-state index is -0.379. The molecule has 4 aromatic rings. The number of benzene rings is 3. The lowest BCUT2D eigenvalue weighted by Gasteiger charge is -2.05. The summed E-state index contributed by atoms with van der Waals surface area (Å²) in [5.41, 5.74) is 9.79. The molecule has 1 aromatic heterocycles. The molecule has 0 aliphatic carbocycles. The van der Waals surface area contributed by atoms with Gasteiger partial charge < -0.3 is 10.2 Å². The van der Waals surface area contributed by atoms with Crippen molar-refractivity contribution in [3.63, 3.8) is 0 Å². The van der Waals surface area contributed by atoms with Crippen molar-refractivity contribution in [3.8, 4) is 0 Å². The van der Waals surface area contributed by atoms with Gasteiger partial charge >= 0.3 is 0 Å². The van der Waals surface area contributed by atoms with E-state index in [1.807, 2.05) is 60.7 Å². The molecule has 3 aromatic carbocycles. The van der Waals surface area contributed by atoms with Gasteiger partial charge in [0, 0.05) is 22.6 Å². The number of hydrogen-bond donors (Lipinski definition) is 1. The van der Waals surface area contributed by atoms with Gasteiger partial charge in [0.15, 0.2) is 0 Å². The van der Waals surface area contributed by atoms with Crippen LogP contribution in [-0.2, 0) is 0 Å². The highest BCUT2D eigenvalue weighted by atomic mass is 16.3. The highest BCUT2D eigenvalue weighted by Gasteiger charge is 2.09. The highest BCUT2D eigenvalue weighted by molar-refractivity contribution is 6.10. The Hall–Kier alpha value is -2.91. The Bertz CT molecular complexity index is 986. The van der Waals surface area contributed by atoms with Crippen molar-refractivity contribution >= 4 is 28.2 Å². The number of aliphatic imine (C=N–C) groups is 1. The lowest BCUT2D eigenvalue weighted by molar-refractivity contribution is 0.668. The van der Waals surface area contributed by atoms with Crippen molar-refractivity contribution in [3.05, 3.63) is 83.9 Å². The van der Waals surface area contributed by atoms with Crippen LogP contribution in [0.1, 0.15) is 17.3 Å². The van der Waals surface area contributed by atoms with Gasteiger partial charge in [0.25, 0.3) is 0 Å². The zero-order valence-corrected chi connectivity index (χ0v) is 12.5. The molecule has 0 aliphatic rings. The molecule has 2 N–H and O–H groups in total. The van der Waals surface area contributed by atoms with Gasteiger partial charge in [-0.25, -0.2) is 0 Å². The molecule has 1 unspecified atom stereocenters. The van der Waals surface area contributed by atoms with E-state index in [0.29, 0.717) is 0 Å². The van der Waals surface area contributed by atoms with Crippen LogP contribution >= 0.6 is 0 Å². The van der Waals surface area contributed by atoms with Gasteiger partial charge in [-0.05, 0) is 17.7 Å². The maximum absolute atomic E-state index is 6.13. The van der Waals surface area contributed by atoms with Gasteiger partial charge in [-0.1, -0.05) is 60.7 Å². The first-order chi connectivity index (χ1) is 11.3. The van der Waals surface area contributed by atoms with Crippen molar-refractivity contribution in [2.24, 2.45) is 10.7 Å². The molecule has 112 valence electrons. The fourth-order valence-corrected chi connectivity index (χ4v) is 2.77. The second-order valence-electron chi connectivity index (χ2n) is 5.46. The predicted molar refractivity (Wildman–Crippen MR) is 94.7 cm³/mol. The number of nitrogens with two attached hydrogens (primary N) is 1. The fraction of sp³-hybridized carbons (Fsp3) is 0.0500. The molecule has 0 fully saturated rings. The minimum Gasteiger partial charge on any atom is -0.455 e. The molecule has 0 spiro atoms. The lowest BCUT2D eigenvalue weighted by Crippen LogP contribution is -2.07. The van der Waals surface area contributed by atoms with Gasteiger partial charge in [0.2, 0.25) is 0 Å². The van der Waals surface area contributed by atoms with Gasteiger partial charge in [-0.2, -0.15) is 0 Å². The second kappa shape index (κ2) is 5.71. The van der Waals surface area contributed by atoms with E-state index in [2.05, 4.69) is 17.1 Å². The average Bonchev–Trinajstić information content (AvgIpc) is 3.00. The molecular formula is C20H16N2O. The third-order valence-corrected chi connectivity index (χ3v) is 3.95. The molecule has 1 heterocycles. The van der Waals surface area contributed by atoms with Crippen LogP contribution in [0.25, 0.3) is 21.9 Å². The van der Waals surface area contributed by atoms with Crippen LogP contribution in [0, 0.1) is 0 Å². The standard InChI is InChI=1S/C20H16N2O/c21-20(14-7-2-1-3-8-14)22-13-15-9-6-11-17-16-10-4-5-12-18(16)23-19(15)17/h1-13,20H,21H2/b22-13+. The normalized spacial score (nSPS) is 13.1. The van der Waals surface area contributed by atoms with Crippen molar-refractivity contribution in [1.82, 2.24) is 0 Å². The van der Waals surface area contributed by atoms with Gasteiger partial charge in [0.05, 0.1) is 0 Å². The Morgan fingerprint density at radius 3 is 2.43 bits per heavy atom. The molecule has 3 heteroatoms. The van der Waals surface area contributed by atoms with Crippen molar-refractivity contribution in [2.45, 2.75) is 6.17 Å². The largest absolute Gasteiger partial charge is 0.455 e. The Morgan fingerprint density at radius 1 is 0.826 bits per heavy atom. The Kier molecular flexibility index (Phi) is 3.41. The van der Waals surface area contributed by atoms with E-state index in [9.17, 15) is 0 Å². The summed E-state index contributed by atoms with van der Waals surface area (Å²) in [4.78, 5) is 4.48. The molecule has 23 heavy (non-hydrogen) atoms. The van der Waals surface area contributed by atoms with Crippen molar-refractivity contribution < 1.29 is 4.42 Å².